The van der Waals surface area contributed by atoms with Crippen molar-refractivity contribution in [2.24, 2.45) is 0 Å². The molecule has 0 spiro atoms. The summed E-state index contributed by atoms with van der Waals surface area (Å²) in [6.07, 6.45) is 7.13. The topological polar surface area (TPSA) is 77.8 Å². The van der Waals surface area contributed by atoms with Crippen molar-refractivity contribution in [2.45, 2.75) is 0 Å². The van der Waals surface area contributed by atoms with Crippen molar-refractivity contribution >= 4 is 22.3 Å². The molecule has 4 aromatic rings. The molecule has 0 amide bonds. The predicted molar refractivity (Wildman–Crippen MR) is 61.4 cm³/mol. The number of hydrogen-bond donors (Lipinski definition) is 0. The van der Waals surface area contributed by atoms with Gasteiger partial charge in [-0.3, -0.25) is 4.98 Å². The Hall–Kier alpha value is -2.76. The van der Waals surface area contributed by atoms with Gasteiger partial charge < -0.3 is 8.83 Å². The molecule has 0 bridgehead atoms. The highest BCUT2D eigenvalue weighted by molar-refractivity contribution is 5.96. The molecule has 0 unspecified atom stereocenters. The molecule has 0 aliphatic carbocycles. The van der Waals surface area contributed by atoms with Gasteiger partial charge >= 0.3 is 0 Å². The van der Waals surface area contributed by atoms with Crippen LogP contribution in [0, 0.1) is 6.39 Å². The third-order valence-corrected chi connectivity index (χ3v) is 2.69. The lowest BCUT2D eigenvalue weighted by atomic mass is 10.1. The Balaban J connectivity index is 2.13. The predicted octanol–water partition coefficient (Wildman–Crippen LogP) is 2.23. The van der Waals surface area contributed by atoms with E-state index >= 15 is 0 Å². The van der Waals surface area contributed by atoms with E-state index in [0.29, 0.717) is 22.5 Å². The Kier molecular flexibility index (Phi) is 1.74. The maximum absolute atomic E-state index is 5.37. The Morgan fingerprint density at radius 2 is 2.00 bits per heavy atom. The molecular weight excluding hydrogens is 232 g/mol. The molecule has 1 radical (unpaired) electrons. The van der Waals surface area contributed by atoms with Crippen LogP contribution in [0.2, 0.25) is 0 Å². The molecule has 0 aliphatic heterocycles. The van der Waals surface area contributed by atoms with Gasteiger partial charge in [0, 0.05) is 18.0 Å². The number of pyridine rings is 2. The summed E-state index contributed by atoms with van der Waals surface area (Å²) >= 11 is 0. The molecule has 85 valence electrons. The fourth-order valence-corrected chi connectivity index (χ4v) is 1.90. The van der Waals surface area contributed by atoms with Gasteiger partial charge in [0.2, 0.25) is 5.71 Å². The first-order valence-corrected chi connectivity index (χ1v) is 5.23. The molecule has 0 N–H and O–H groups in total. The van der Waals surface area contributed by atoms with Crippen molar-refractivity contribution in [1.29, 1.82) is 0 Å². The lowest BCUT2D eigenvalue weighted by Crippen LogP contribution is -1.87. The number of rotatable bonds is 1. The van der Waals surface area contributed by atoms with Crippen LogP contribution in [0.4, 0.5) is 0 Å². The van der Waals surface area contributed by atoms with E-state index in [-0.39, 0.29) is 0 Å². The smallest absolute Gasteiger partial charge is 0.286 e. The third kappa shape index (κ3) is 1.17. The van der Waals surface area contributed by atoms with Crippen LogP contribution in [0.1, 0.15) is 0 Å². The second-order valence-corrected chi connectivity index (χ2v) is 3.68. The van der Waals surface area contributed by atoms with Crippen LogP contribution in [-0.2, 0) is 0 Å². The van der Waals surface area contributed by atoms with Crippen molar-refractivity contribution in [1.82, 2.24) is 19.9 Å². The molecule has 0 aromatic carbocycles. The van der Waals surface area contributed by atoms with E-state index in [9.17, 15) is 0 Å². The van der Waals surface area contributed by atoms with Crippen LogP contribution in [0.25, 0.3) is 33.6 Å². The van der Waals surface area contributed by atoms with Gasteiger partial charge in [-0.05, 0) is 12.1 Å². The summed E-state index contributed by atoms with van der Waals surface area (Å²) in [7, 11) is 0. The van der Waals surface area contributed by atoms with Gasteiger partial charge in [0.05, 0.1) is 0 Å². The third-order valence-electron chi connectivity index (χ3n) is 2.69. The molecule has 6 heteroatoms. The fourth-order valence-electron chi connectivity index (χ4n) is 1.90. The zero-order valence-corrected chi connectivity index (χ0v) is 8.99. The SMILES string of the molecule is [c]1nc2c(-c3nccc4ncoc34)ccnc2o1. The fraction of sp³-hybridized carbons (Fsp3) is 0. The highest BCUT2D eigenvalue weighted by Crippen LogP contribution is 2.29. The molecule has 0 fully saturated rings. The molecule has 6 nitrogen and oxygen atoms in total. The lowest BCUT2D eigenvalue weighted by Gasteiger charge is -2.00. The van der Waals surface area contributed by atoms with Crippen molar-refractivity contribution < 1.29 is 8.83 Å². The summed E-state index contributed by atoms with van der Waals surface area (Å²) in [6, 6.07) is 3.60. The second kappa shape index (κ2) is 3.36. The second-order valence-electron chi connectivity index (χ2n) is 3.68. The van der Waals surface area contributed by atoms with Crippen molar-refractivity contribution in [3.05, 3.63) is 37.3 Å². The van der Waals surface area contributed by atoms with E-state index in [1.165, 1.54) is 6.39 Å². The van der Waals surface area contributed by atoms with Crippen LogP contribution < -0.4 is 0 Å². The molecule has 18 heavy (non-hydrogen) atoms. The summed E-state index contributed by atoms with van der Waals surface area (Å²) < 4.78 is 10.4. The Morgan fingerprint density at radius 1 is 1.06 bits per heavy atom. The molecule has 0 atom stereocenters. The molecule has 4 rings (SSSR count). The summed E-state index contributed by atoms with van der Waals surface area (Å²) in [6.45, 7) is 0. The van der Waals surface area contributed by atoms with Gasteiger partial charge in [0.15, 0.2) is 12.0 Å². The summed E-state index contributed by atoms with van der Waals surface area (Å²) in [5.74, 6) is 0. The average molecular weight is 237 g/mol. The van der Waals surface area contributed by atoms with Gasteiger partial charge in [-0.1, -0.05) is 0 Å². The zero-order valence-electron chi connectivity index (χ0n) is 8.99. The average Bonchev–Trinajstić information content (AvgIpc) is 3.06. The molecule has 4 aromatic heterocycles. The van der Waals surface area contributed by atoms with E-state index in [0.717, 1.165) is 11.1 Å². The highest BCUT2D eigenvalue weighted by atomic mass is 16.3. The van der Waals surface area contributed by atoms with Gasteiger partial charge in [-0.2, -0.15) is 0 Å². The number of oxazole rings is 2. The first-order chi connectivity index (χ1) is 8.93. The van der Waals surface area contributed by atoms with E-state index in [4.69, 9.17) is 8.83 Å². The quantitative estimate of drug-likeness (QED) is 0.505. The van der Waals surface area contributed by atoms with Crippen molar-refractivity contribution in [3.8, 4) is 11.3 Å². The molecule has 0 saturated carbocycles. The summed E-state index contributed by atoms with van der Waals surface area (Å²) in [4.78, 5) is 16.5. The van der Waals surface area contributed by atoms with Crippen LogP contribution in [0.3, 0.4) is 0 Å². The number of fused-ring (bicyclic) bond motifs is 2. The maximum atomic E-state index is 5.37. The summed E-state index contributed by atoms with van der Waals surface area (Å²) in [5, 5.41) is 0. The summed E-state index contributed by atoms with van der Waals surface area (Å²) in [5.41, 5.74) is 3.84. The Labute approximate surface area is 100 Å². The Morgan fingerprint density at radius 3 is 3.00 bits per heavy atom. The minimum atomic E-state index is 0.422. The first kappa shape index (κ1) is 9.29. The van der Waals surface area contributed by atoms with Crippen LogP contribution in [0.5, 0.6) is 0 Å². The monoisotopic (exact) mass is 237 g/mol. The minimum Gasteiger partial charge on any atom is -0.441 e. The van der Waals surface area contributed by atoms with E-state index in [2.05, 4.69) is 26.3 Å². The van der Waals surface area contributed by atoms with Crippen LogP contribution in [-0.4, -0.2) is 19.9 Å². The van der Waals surface area contributed by atoms with Gasteiger partial charge in [0.1, 0.15) is 16.7 Å². The molecule has 4 heterocycles. The largest absolute Gasteiger partial charge is 0.441 e. The standard InChI is InChI=1S/C12H5N4O2/c1-3-14-12-10(16-6-18-12)7(1)9-11-8(2-4-13-9)15-5-17-11/h1-5H. The van der Waals surface area contributed by atoms with Crippen molar-refractivity contribution in [3.63, 3.8) is 0 Å². The number of aromatic nitrogens is 4. The van der Waals surface area contributed by atoms with E-state index < -0.39 is 0 Å². The number of nitrogens with zero attached hydrogens (tertiary/aromatic N) is 4. The van der Waals surface area contributed by atoms with Gasteiger partial charge in [-0.25, -0.2) is 15.0 Å². The number of hydrogen-bond acceptors (Lipinski definition) is 6. The zero-order chi connectivity index (χ0) is 11.9. The van der Waals surface area contributed by atoms with Crippen LogP contribution in [0.15, 0.2) is 39.8 Å². The first-order valence-electron chi connectivity index (χ1n) is 5.23. The van der Waals surface area contributed by atoms with Gasteiger partial charge in [0.25, 0.3) is 6.39 Å². The highest BCUT2D eigenvalue weighted by Gasteiger charge is 2.14. The van der Waals surface area contributed by atoms with Crippen LogP contribution >= 0.6 is 0 Å². The van der Waals surface area contributed by atoms with Gasteiger partial charge in [-0.15, -0.1) is 0 Å². The minimum absolute atomic E-state index is 0.422. The van der Waals surface area contributed by atoms with E-state index in [1.807, 2.05) is 6.07 Å². The lowest BCUT2D eigenvalue weighted by molar-refractivity contribution is 0.580. The molecular formula is C12H5N4O2. The molecule has 0 saturated heterocycles. The Bertz CT molecular complexity index is 777. The van der Waals surface area contributed by atoms with E-state index in [1.54, 1.807) is 18.5 Å². The van der Waals surface area contributed by atoms with Crippen molar-refractivity contribution in [2.75, 3.05) is 0 Å². The molecule has 0 aliphatic rings. The maximum Gasteiger partial charge on any atom is 0.286 e. The normalized spacial score (nSPS) is 11.3.